The van der Waals surface area contributed by atoms with Crippen LogP contribution in [0.15, 0.2) is 30.4 Å². The van der Waals surface area contributed by atoms with Crippen LogP contribution in [0.25, 0.3) is 0 Å². The second-order valence-electron chi connectivity index (χ2n) is 5.41. The topological polar surface area (TPSA) is 12.0 Å². The number of hydrogen-bond donors (Lipinski definition) is 1. The summed E-state index contributed by atoms with van der Waals surface area (Å²) in [5, 5.41) is 5.23. The molecule has 0 bridgehead atoms. The molecule has 2 aliphatic carbocycles. The Hall–Kier alpha value is -0.500. The normalized spacial score (nSPS) is 21.4. The van der Waals surface area contributed by atoms with E-state index >= 15 is 0 Å². The van der Waals surface area contributed by atoms with E-state index in [1.807, 2.05) is 18.2 Å². The van der Waals surface area contributed by atoms with Crippen molar-refractivity contribution in [3.05, 3.63) is 46.0 Å². The molecule has 0 amide bonds. The number of allylic oxidation sites excluding steroid dienone is 2. The van der Waals surface area contributed by atoms with Crippen LogP contribution in [0.5, 0.6) is 0 Å². The summed E-state index contributed by atoms with van der Waals surface area (Å²) in [4.78, 5) is 0. The highest BCUT2D eigenvalue weighted by Gasteiger charge is 2.37. The maximum atomic E-state index is 6.39. The van der Waals surface area contributed by atoms with Gasteiger partial charge >= 0.3 is 0 Å². The van der Waals surface area contributed by atoms with Gasteiger partial charge in [-0.25, -0.2) is 0 Å². The standard InChI is InChI=1S/C15H17Cl2N/c16-12-4-3-5-13(17)14(12)15(8-1-2-9-15)10-18-11-6-7-11/h1-5,11,18H,6-10H2. The Morgan fingerprint density at radius 3 is 2.28 bits per heavy atom. The Morgan fingerprint density at radius 2 is 1.72 bits per heavy atom. The van der Waals surface area contributed by atoms with E-state index in [0.717, 1.165) is 35.0 Å². The Morgan fingerprint density at radius 1 is 1.11 bits per heavy atom. The van der Waals surface area contributed by atoms with Crippen LogP contribution in [0.1, 0.15) is 31.2 Å². The summed E-state index contributed by atoms with van der Waals surface area (Å²) in [6, 6.07) is 6.52. The monoisotopic (exact) mass is 281 g/mol. The highest BCUT2D eigenvalue weighted by Crippen LogP contribution is 2.44. The maximum Gasteiger partial charge on any atom is 0.0459 e. The van der Waals surface area contributed by atoms with Crippen molar-refractivity contribution in [2.75, 3.05) is 6.54 Å². The smallest absolute Gasteiger partial charge is 0.0459 e. The van der Waals surface area contributed by atoms with Crippen molar-refractivity contribution in [1.82, 2.24) is 5.32 Å². The first kappa shape index (κ1) is 12.5. The average Bonchev–Trinajstić information content (AvgIpc) is 3.06. The molecule has 0 spiro atoms. The molecule has 18 heavy (non-hydrogen) atoms. The van der Waals surface area contributed by atoms with E-state index in [1.165, 1.54) is 12.8 Å². The van der Waals surface area contributed by atoms with Crippen LogP contribution in [-0.2, 0) is 5.41 Å². The van der Waals surface area contributed by atoms with Crippen molar-refractivity contribution in [2.45, 2.75) is 37.1 Å². The Labute approximate surface area is 118 Å². The zero-order chi connectivity index (χ0) is 12.6. The van der Waals surface area contributed by atoms with Crippen LogP contribution in [0.3, 0.4) is 0 Å². The quantitative estimate of drug-likeness (QED) is 0.810. The minimum Gasteiger partial charge on any atom is -0.313 e. The van der Waals surface area contributed by atoms with E-state index in [0.29, 0.717) is 6.04 Å². The third kappa shape index (κ3) is 2.32. The van der Waals surface area contributed by atoms with Gasteiger partial charge in [0.15, 0.2) is 0 Å². The summed E-state index contributed by atoms with van der Waals surface area (Å²) in [7, 11) is 0. The Bertz CT molecular complexity index is 449. The predicted molar refractivity (Wildman–Crippen MR) is 77.5 cm³/mol. The van der Waals surface area contributed by atoms with Crippen LogP contribution in [-0.4, -0.2) is 12.6 Å². The molecule has 3 heteroatoms. The largest absolute Gasteiger partial charge is 0.313 e. The van der Waals surface area contributed by atoms with Crippen molar-refractivity contribution >= 4 is 23.2 Å². The van der Waals surface area contributed by atoms with Crippen LogP contribution in [0.4, 0.5) is 0 Å². The van der Waals surface area contributed by atoms with Crippen molar-refractivity contribution in [2.24, 2.45) is 0 Å². The first-order valence-corrected chi connectivity index (χ1v) is 7.30. The number of rotatable bonds is 4. The summed E-state index contributed by atoms with van der Waals surface area (Å²) in [5.74, 6) is 0. The lowest BCUT2D eigenvalue weighted by atomic mass is 9.78. The summed E-state index contributed by atoms with van der Waals surface area (Å²) in [5.41, 5.74) is 1.17. The predicted octanol–water partition coefficient (Wildman–Crippen LogP) is 4.33. The van der Waals surface area contributed by atoms with Crippen molar-refractivity contribution in [3.63, 3.8) is 0 Å². The van der Waals surface area contributed by atoms with Crippen molar-refractivity contribution in [3.8, 4) is 0 Å². The fourth-order valence-corrected chi connectivity index (χ4v) is 3.57. The van der Waals surface area contributed by atoms with Crippen LogP contribution < -0.4 is 5.32 Å². The van der Waals surface area contributed by atoms with E-state index in [4.69, 9.17) is 23.2 Å². The van der Waals surface area contributed by atoms with E-state index < -0.39 is 0 Å². The van der Waals surface area contributed by atoms with Gasteiger partial charge in [-0.1, -0.05) is 41.4 Å². The summed E-state index contributed by atoms with van der Waals surface area (Å²) >= 11 is 12.8. The molecule has 1 N–H and O–H groups in total. The Balaban J connectivity index is 1.92. The molecule has 96 valence electrons. The number of halogens is 2. The van der Waals surface area contributed by atoms with Crippen molar-refractivity contribution < 1.29 is 0 Å². The number of hydrogen-bond acceptors (Lipinski definition) is 1. The molecule has 3 rings (SSSR count). The molecule has 0 atom stereocenters. The summed E-state index contributed by atoms with van der Waals surface area (Å²) in [6.45, 7) is 0.966. The molecule has 0 heterocycles. The lowest BCUT2D eigenvalue weighted by Crippen LogP contribution is -2.37. The first-order chi connectivity index (χ1) is 8.71. The van der Waals surface area contributed by atoms with Gasteiger partial charge in [-0.2, -0.15) is 0 Å². The molecular weight excluding hydrogens is 265 g/mol. The molecule has 1 fully saturated rings. The molecule has 1 nitrogen and oxygen atoms in total. The maximum absolute atomic E-state index is 6.39. The van der Waals surface area contributed by atoms with E-state index in [1.54, 1.807) is 0 Å². The molecule has 0 unspecified atom stereocenters. The van der Waals surface area contributed by atoms with Crippen LogP contribution in [0, 0.1) is 0 Å². The van der Waals surface area contributed by atoms with E-state index in [2.05, 4.69) is 17.5 Å². The molecule has 0 saturated heterocycles. The van der Waals surface area contributed by atoms with Gasteiger partial charge in [0.05, 0.1) is 0 Å². The highest BCUT2D eigenvalue weighted by molar-refractivity contribution is 6.36. The average molecular weight is 282 g/mol. The molecular formula is C15H17Cl2N. The first-order valence-electron chi connectivity index (χ1n) is 6.54. The fraction of sp³-hybridized carbons (Fsp3) is 0.467. The summed E-state index contributed by atoms with van der Waals surface area (Å²) in [6.07, 6.45) is 9.15. The summed E-state index contributed by atoms with van der Waals surface area (Å²) < 4.78 is 0. The highest BCUT2D eigenvalue weighted by atomic mass is 35.5. The fourth-order valence-electron chi connectivity index (χ4n) is 2.77. The molecule has 1 aromatic carbocycles. The minimum atomic E-state index is 0.0536. The molecule has 0 radical (unpaired) electrons. The van der Waals surface area contributed by atoms with E-state index in [9.17, 15) is 0 Å². The second kappa shape index (κ2) is 4.88. The second-order valence-corrected chi connectivity index (χ2v) is 6.23. The lowest BCUT2D eigenvalue weighted by molar-refractivity contribution is 0.417. The third-order valence-electron chi connectivity index (χ3n) is 3.98. The Kier molecular flexibility index (Phi) is 3.40. The molecule has 2 aliphatic rings. The van der Waals surface area contributed by atoms with Gasteiger partial charge in [-0.05, 0) is 43.4 Å². The zero-order valence-electron chi connectivity index (χ0n) is 10.3. The van der Waals surface area contributed by atoms with Gasteiger partial charge in [-0.15, -0.1) is 0 Å². The minimum absolute atomic E-state index is 0.0536. The SMILES string of the molecule is Clc1cccc(Cl)c1C1(CNC2CC2)CC=CC1. The third-order valence-corrected chi connectivity index (χ3v) is 4.61. The van der Waals surface area contributed by atoms with Gasteiger partial charge in [-0.3, -0.25) is 0 Å². The van der Waals surface area contributed by atoms with E-state index in [-0.39, 0.29) is 5.41 Å². The van der Waals surface area contributed by atoms with Gasteiger partial charge in [0.1, 0.15) is 0 Å². The van der Waals surface area contributed by atoms with Gasteiger partial charge in [0, 0.05) is 28.0 Å². The van der Waals surface area contributed by atoms with Crippen LogP contribution in [0.2, 0.25) is 10.0 Å². The van der Waals surface area contributed by atoms with Crippen LogP contribution >= 0.6 is 23.2 Å². The molecule has 0 aromatic heterocycles. The lowest BCUT2D eigenvalue weighted by Gasteiger charge is -2.32. The number of benzene rings is 1. The number of nitrogens with one attached hydrogen (secondary N) is 1. The van der Waals surface area contributed by atoms with Crippen molar-refractivity contribution in [1.29, 1.82) is 0 Å². The zero-order valence-corrected chi connectivity index (χ0v) is 11.8. The molecule has 0 aliphatic heterocycles. The molecule has 1 aromatic rings. The van der Waals surface area contributed by atoms with Gasteiger partial charge < -0.3 is 5.32 Å². The van der Waals surface area contributed by atoms with Gasteiger partial charge in [0.2, 0.25) is 0 Å². The van der Waals surface area contributed by atoms with Gasteiger partial charge in [0.25, 0.3) is 0 Å². The molecule has 1 saturated carbocycles.